The van der Waals surface area contributed by atoms with Gasteiger partial charge in [0.15, 0.2) is 0 Å². The van der Waals surface area contributed by atoms with Gasteiger partial charge in [0.2, 0.25) is 0 Å². The van der Waals surface area contributed by atoms with Gasteiger partial charge in [0.25, 0.3) is 0 Å². The van der Waals surface area contributed by atoms with E-state index in [2.05, 4.69) is 14.9 Å². The maximum absolute atomic E-state index is 3.98. The first-order chi connectivity index (χ1) is 4.95. The highest BCUT2D eigenvalue weighted by atomic mass is 32.1. The second-order valence-electron chi connectivity index (χ2n) is 2.62. The zero-order chi connectivity index (χ0) is 6.81. The minimum atomic E-state index is 0.809. The molecule has 1 aromatic heterocycles. The van der Waals surface area contributed by atoms with Gasteiger partial charge in [0, 0.05) is 5.38 Å². The summed E-state index contributed by atoms with van der Waals surface area (Å²) in [6, 6.07) is 0. The summed E-state index contributed by atoms with van der Waals surface area (Å²) in [6.07, 6.45) is 1.10. The van der Waals surface area contributed by atoms with Crippen LogP contribution in [0.3, 0.4) is 0 Å². The number of hydrogen-bond acceptors (Lipinski definition) is 4. The fourth-order valence-electron chi connectivity index (χ4n) is 1.06. The number of aromatic nitrogens is 2. The maximum Gasteiger partial charge on any atom is 0.0759 e. The average Bonchev–Trinajstić information content (AvgIpc) is 2.29. The van der Waals surface area contributed by atoms with Gasteiger partial charge in [-0.3, -0.25) is 0 Å². The lowest BCUT2D eigenvalue weighted by molar-refractivity contribution is 0.344. The van der Waals surface area contributed by atoms with Crippen molar-refractivity contribution in [3.05, 3.63) is 11.1 Å². The topological polar surface area (TPSA) is 37.8 Å². The highest BCUT2D eigenvalue weighted by molar-refractivity contribution is 7.03. The first kappa shape index (κ1) is 6.24. The van der Waals surface area contributed by atoms with Crippen LogP contribution in [0.25, 0.3) is 0 Å². The van der Waals surface area contributed by atoms with Crippen molar-refractivity contribution in [3.63, 3.8) is 0 Å². The lowest BCUT2D eigenvalue weighted by Crippen LogP contribution is -2.43. The van der Waals surface area contributed by atoms with E-state index in [-0.39, 0.29) is 0 Å². The van der Waals surface area contributed by atoms with Crippen LogP contribution in [0.5, 0.6) is 0 Å². The smallest absolute Gasteiger partial charge is 0.0759 e. The zero-order valence-corrected chi connectivity index (χ0v) is 6.40. The standard InChI is InChI=1S/C6H9N3S/c1(5-2-7-3-5)6-4-10-9-8-6/h4-5,7H,1-3H2. The lowest BCUT2D eigenvalue weighted by atomic mass is 9.98. The molecular formula is C6H9N3S. The zero-order valence-electron chi connectivity index (χ0n) is 5.58. The molecule has 54 valence electrons. The van der Waals surface area contributed by atoms with Gasteiger partial charge in [-0.25, -0.2) is 0 Å². The van der Waals surface area contributed by atoms with Crippen LogP contribution < -0.4 is 5.32 Å². The first-order valence-electron chi connectivity index (χ1n) is 3.42. The van der Waals surface area contributed by atoms with Gasteiger partial charge in [-0.05, 0) is 37.0 Å². The van der Waals surface area contributed by atoms with Gasteiger partial charge in [-0.15, -0.1) is 5.10 Å². The van der Waals surface area contributed by atoms with E-state index < -0.39 is 0 Å². The second kappa shape index (κ2) is 2.64. The van der Waals surface area contributed by atoms with Gasteiger partial charge in [-0.1, -0.05) is 4.49 Å². The first-order valence-corrected chi connectivity index (χ1v) is 4.25. The van der Waals surface area contributed by atoms with Crippen LogP contribution in [0.1, 0.15) is 5.69 Å². The molecule has 0 spiro atoms. The predicted molar refractivity (Wildman–Crippen MR) is 40.0 cm³/mol. The quantitative estimate of drug-likeness (QED) is 0.667. The number of nitrogens with zero attached hydrogens (tertiary/aromatic N) is 2. The van der Waals surface area contributed by atoms with Crippen molar-refractivity contribution < 1.29 is 0 Å². The monoisotopic (exact) mass is 155 g/mol. The molecule has 0 radical (unpaired) electrons. The van der Waals surface area contributed by atoms with Crippen molar-refractivity contribution in [3.8, 4) is 0 Å². The van der Waals surface area contributed by atoms with Crippen molar-refractivity contribution in [2.75, 3.05) is 13.1 Å². The van der Waals surface area contributed by atoms with Gasteiger partial charge >= 0.3 is 0 Å². The minimum absolute atomic E-state index is 0.809. The Balaban J connectivity index is 1.90. The molecule has 0 aliphatic carbocycles. The summed E-state index contributed by atoms with van der Waals surface area (Å²) >= 11 is 1.43. The lowest BCUT2D eigenvalue weighted by Gasteiger charge is -2.25. The summed E-state index contributed by atoms with van der Waals surface area (Å²) in [5.74, 6) is 0.809. The normalized spacial score (nSPS) is 18.8. The number of rotatable bonds is 2. The summed E-state index contributed by atoms with van der Waals surface area (Å²) in [5.41, 5.74) is 1.15. The Kier molecular flexibility index (Phi) is 1.65. The summed E-state index contributed by atoms with van der Waals surface area (Å²) in [4.78, 5) is 0. The largest absolute Gasteiger partial charge is 0.316 e. The van der Waals surface area contributed by atoms with Gasteiger partial charge in [0.1, 0.15) is 0 Å². The third-order valence-electron chi connectivity index (χ3n) is 1.77. The molecule has 0 atom stereocenters. The summed E-state index contributed by atoms with van der Waals surface area (Å²) in [7, 11) is 0. The third kappa shape index (κ3) is 1.17. The van der Waals surface area contributed by atoms with Gasteiger partial charge < -0.3 is 5.32 Å². The van der Waals surface area contributed by atoms with E-state index in [1.807, 2.05) is 5.38 Å². The van der Waals surface area contributed by atoms with Crippen molar-refractivity contribution in [1.82, 2.24) is 14.9 Å². The van der Waals surface area contributed by atoms with Crippen molar-refractivity contribution in [1.29, 1.82) is 0 Å². The van der Waals surface area contributed by atoms with E-state index in [9.17, 15) is 0 Å². The van der Waals surface area contributed by atoms with Gasteiger partial charge in [-0.2, -0.15) is 0 Å². The van der Waals surface area contributed by atoms with E-state index in [0.29, 0.717) is 0 Å². The highest BCUT2D eigenvalue weighted by Gasteiger charge is 2.17. The molecule has 1 saturated heterocycles. The van der Waals surface area contributed by atoms with E-state index in [1.54, 1.807) is 0 Å². The molecule has 0 saturated carbocycles. The minimum Gasteiger partial charge on any atom is -0.316 e. The summed E-state index contributed by atoms with van der Waals surface area (Å²) in [6.45, 7) is 2.30. The molecule has 1 aromatic rings. The third-order valence-corrected chi connectivity index (χ3v) is 2.32. The highest BCUT2D eigenvalue weighted by Crippen LogP contribution is 2.10. The van der Waals surface area contributed by atoms with E-state index >= 15 is 0 Å². The Labute approximate surface area is 63.6 Å². The van der Waals surface area contributed by atoms with Crippen LogP contribution in [0.15, 0.2) is 5.38 Å². The molecule has 1 aliphatic rings. The van der Waals surface area contributed by atoms with Crippen molar-refractivity contribution >= 4 is 11.5 Å². The van der Waals surface area contributed by atoms with Crippen molar-refractivity contribution in [2.45, 2.75) is 6.42 Å². The molecule has 3 nitrogen and oxygen atoms in total. The molecule has 0 aromatic carbocycles. The van der Waals surface area contributed by atoms with E-state index in [1.165, 1.54) is 11.5 Å². The molecule has 0 bridgehead atoms. The molecule has 2 rings (SSSR count). The molecule has 0 unspecified atom stereocenters. The molecule has 4 heteroatoms. The van der Waals surface area contributed by atoms with Crippen LogP contribution in [0.4, 0.5) is 0 Å². The molecule has 1 aliphatic heterocycles. The van der Waals surface area contributed by atoms with Crippen LogP contribution in [-0.4, -0.2) is 22.7 Å². The SMILES string of the molecule is c1snnc1CC1CNC1. The number of hydrogen-bond donors (Lipinski definition) is 1. The Morgan fingerprint density at radius 1 is 1.70 bits per heavy atom. The Morgan fingerprint density at radius 2 is 2.60 bits per heavy atom. The van der Waals surface area contributed by atoms with Crippen LogP contribution in [0, 0.1) is 5.92 Å². The van der Waals surface area contributed by atoms with Crippen LogP contribution >= 0.6 is 11.5 Å². The molecular weight excluding hydrogens is 146 g/mol. The van der Waals surface area contributed by atoms with E-state index in [0.717, 1.165) is 31.1 Å². The predicted octanol–water partition coefficient (Wildman–Crippen LogP) is 0.300. The fraction of sp³-hybridized carbons (Fsp3) is 0.667. The summed E-state index contributed by atoms with van der Waals surface area (Å²) in [5, 5.41) is 9.23. The molecule has 1 fully saturated rings. The fourth-order valence-corrected chi connectivity index (χ4v) is 1.53. The molecule has 0 amide bonds. The molecule has 10 heavy (non-hydrogen) atoms. The van der Waals surface area contributed by atoms with Crippen molar-refractivity contribution in [2.24, 2.45) is 5.92 Å². The Bertz CT molecular complexity index is 193. The molecule has 2 heterocycles. The molecule has 1 N–H and O–H groups in total. The summed E-state index contributed by atoms with van der Waals surface area (Å²) < 4.78 is 3.80. The second-order valence-corrected chi connectivity index (χ2v) is 3.23. The Morgan fingerprint density at radius 3 is 3.10 bits per heavy atom. The number of nitrogens with one attached hydrogen (secondary N) is 1. The average molecular weight is 155 g/mol. The van der Waals surface area contributed by atoms with Crippen LogP contribution in [-0.2, 0) is 6.42 Å². The maximum atomic E-state index is 3.98. The van der Waals surface area contributed by atoms with Crippen LogP contribution in [0.2, 0.25) is 0 Å². The Hall–Kier alpha value is -0.480. The van der Waals surface area contributed by atoms with Gasteiger partial charge in [0.05, 0.1) is 5.69 Å². The van der Waals surface area contributed by atoms with E-state index in [4.69, 9.17) is 0 Å².